The molecule has 0 radical (unpaired) electrons. The number of esters is 1. The number of ether oxygens (including phenoxy) is 1. The van der Waals surface area contributed by atoms with Gasteiger partial charge in [0.05, 0.1) is 11.4 Å². The van der Waals surface area contributed by atoms with Gasteiger partial charge in [-0.25, -0.2) is 0 Å². The lowest BCUT2D eigenvalue weighted by Crippen LogP contribution is -2.44. The fourth-order valence-electron chi connectivity index (χ4n) is 3.14. The number of carbonyl (C=O) groups is 2. The highest BCUT2D eigenvalue weighted by Crippen LogP contribution is 2.32. The molecule has 4 atom stereocenters. The van der Waals surface area contributed by atoms with Gasteiger partial charge in [-0.1, -0.05) is 0 Å². The Morgan fingerprint density at radius 3 is 2.41 bits per heavy atom. The number of hydrogen-bond acceptors (Lipinski definition) is 8. The molecule has 0 aromatic heterocycles. The van der Waals surface area contributed by atoms with Crippen LogP contribution in [0.1, 0.15) is 32.6 Å². The van der Waals surface area contributed by atoms with E-state index in [0.29, 0.717) is 18.9 Å². The molecule has 0 aromatic rings. The Kier molecular flexibility index (Phi) is 10.9. The summed E-state index contributed by atoms with van der Waals surface area (Å²) in [6.07, 6.45) is 3.39. The van der Waals surface area contributed by atoms with Gasteiger partial charge in [0.2, 0.25) is 5.91 Å². The second kappa shape index (κ2) is 12.0. The number of rotatable bonds is 11. The molecule has 2 N–H and O–H groups in total. The number of aliphatic hydroxyl groups is 1. The van der Waals surface area contributed by atoms with Crippen molar-refractivity contribution in [3.05, 3.63) is 0 Å². The lowest BCUT2D eigenvalue weighted by atomic mass is 9.84. The van der Waals surface area contributed by atoms with Crippen molar-refractivity contribution < 1.29 is 32.7 Å². The van der Waals surface area contributed by atoms with Crippen LogP contribution >= 0.6 is 11.8 Å². The maximum absolute atomic E-state index is 12.0. The van der Waals surface area contributed by atoms with E-state index in [9.17, 15) is 14.7 Å². The molecule has 0 bridgehead atoms. The summed E-state index contributed by atoms with van der Waals surface area (Å²) in [7, 11) is 2.12. The van der Waals surface area contributed by atoms with Gasteiger partial charge in [0.15, 0.2) is 0 Å². The van der Waals surface area contributed by atoms with Crippen molar-refractivity contribution in [3.8, 4) is 0 Å². The summed E-state index contributed by atoms with van der Waals surface area (Å²) in [5.41, 5.74) is 0. The van der Waals surface area contributed by atoms with E-state index >= 15 is 0 Å². The molecule has 1 fully saturated rings. The third-order valence-corrected chi connectivity index (χ3v) is 8.76. The number of thioether (sulfide) groups is 1. The number of aliphatic hydroxyl groups excluding tert-OH is 1. The number of carbonyl (C=O) groups excluding carboxylic acids is 2. The van der Waals surface area contributed by atoms with E-state index in [-0.39, 0.29) is 23.6 Å². The van der Waals surface area contributed by atoms with Gasteiger partial charge in [-0.15, -0.1) is 0 Å². The van der Waals surface area contributed by atoms with Gasteiger partial charge in [0.25, 0.3) is 0 Å². The zero-order valence-electron chi connectivity index (χ0n) is 16.9. The molecule has 0 spiro atoms. The minimum Gasteiger partial charge on any atom is -0.458 e. The maximum Gasteiger partial charge on any atom is 0.500 e. The Morgan fingerprint density at radius 1 is 1.22 bits per heavy atom. The molecule has 10 heteroatoms. The van der Waals surface area contributed by atoms with Crippen molar-refractivity contribution in [2.75, 3.05) is 34.1 Å². The molecule has 1 amide bonds. The van der Waals surface area contributed by atoms with Crippen LogP contribution in [0.5, 0.6) is 0 Å². The first-order valence-corrected chi connectivity index (χ1v) is 12.4. The van der Waals surface area contributed by atoms with Crippen LogP contribution in [0.2, 0.25) is 6.04 Å². The summed E-state index contributed by atoms with van der Waals surface area (Å²) in [5.74, 6) is -0.457. The highest BCUT2D eigenvalue weighted by atomic mass is 32.2. The van der Waals surface area contributed by atoms with Crippen LogP contribution in [0.4, 0.5) is 0 Å². The Hall–Kier alpha value is -0.653. The van der Waals surface area contributed by atoms with Crippen LogP contribution in [0, 0.1) is 5.92 Å². The number of hydrogen-bond donors (Lipinski definition) is 2. The van der Waals surface area contributed by atoms with Crippen molar-refractivity contribution in [1.82, 2.24) is 5.32 Å². The fraction of sp³-hybridized carbons (Fsp3) is 0.882. The number of amides is 1. The van der Waals surface area contributed by atoms with Gasteiger partial charge < -0.3 is 28.4 Å². The standard InChI is InChI=1S/C17H33NO7SSi/c1-12(26-5)17(21)18-11-16(20)25-15-10-13(6-7-14(15)19)8-9-27(22-2,23-3)24-4/h12-15,19H,6-11H2,1-5H3,(H,18,21). The van der Waals surface area contributed by atoms with Crippen molar-refractivity contribution >= 4 is 32.4 Å². The average molecular weight is 424 g/mol. The largest absolute Gasteiger partial charge is 0.500 e. The zero-order chi connectivity index (χ0) is 20.4. The molecule has 0 saturated heterocycles. The van der Waals surface area contributed by atoms with Gasteiger partial charge in [0, 0.05) is 27.4 Å². The Morgan fingerprint density at radius 2 is 1.85 bits per heavy atom. The summed E-state index contributed by atoms with van der Waals surface area (Å²) in [5, 5.41) is 12.5. The molecule has 0 aromatic carbocycles. The molecular weight excluding hydrogens is 390 g/mol. The molecule has 8 nitrogen and oxygen atoms in total. The predicted octanol–water partition coefficient (Wildman–Crippen LogP) is 1.20. The van der Waals surface area contributed by atoms with Crippen molar-refractivity contribution in [2.45, 2.75) is 56.1 Å². The molecule has 1 saturated carbocycles. The molecule has 1 aliphatic rings. The van der Waals surface area contributed by atoms with Gasteiger partial charge >= 0.3 is 14.8 Å². The van der Waals surface area contributed by atoms with Gasteiger partial charge in [-0.3, -0.25) is 9.59 Å². The topological polar surface area (TPSA) is 103 Å². The van der Waals surface area contributed by atoms with Gasteiger partial charge in [0.1, 0.15) is 12.6 Å². The van der Waals surface area contributed by atoms with Gasteiger partial charge in [-0.05, 0) is 44.8 Å². The van der Waals surface area contributed by atoms with E-state index in [1.54, 1.807) is 28.3 Å². The first-order chi connectivity index (χ1) is 12.8. The lowest BCUT2D eigenvalue weighted by molar-refractivity contribution is -0.158. The SMILES string of the molecule is CO[Si](CCC1CCC(O)C(OC(=O)CNC(=O)C(C)SC)C1)(OC)OC. The quantitative estimate of drug-likeness (QED) is 0.377. The van der Waals surface area contributed by atoms with Crippen molar-refractivity contribution in [2.24, 2.45) is 5.92 Å². The summed E-state index contributed by atoms with van der Waals surface area (Å²) in [6.45, 7) is 1.58. The van der Waals surface area contributed by atoms with Crippen LogP contribution in [0.15, 0.2) is 0 Å². The van der Waals surface area contributed by atoms with Gasteiger partial charge in [-0.2, -0.15) is 11.8 Å². The first kappa shape index (κ1) is 24.4. The highest BCUT2D eigenvalue weighted by Gasteiger charge is 2.40. The molecule has 0 heterocycles. The van der Waals surface area contributed by atoms with Crippen molar-refractivity contribution in [1.29, 1.82) is 0 Å². The van der Waals surface area contributed by atoms with E-state index in [4.69, 9.17) is 18.0 Å². The Balaban J connectivity index is 2.48. The van der Waals surface area contributed by atoms with E-state index in [0.717, 1.165) is 12.8 Å². The smallest absolute Gasteiger partial charge is 0.458 e. The fourth-order valence-corrected chi connectivity index (χ4v) is 5.31. The second-order valence-electron chi connectivity index (χ2n) is 6.70. The van der Waals surface area contributed by atoms with E-state index in [1.165, 1.54) is 11.8 Å². The second-order valence-corrected chi connectivity index (χ2v) is 11.0. The van der Waals surface area contributed by atoms with Crippen LogP contribution in [-0.4, -0.2) is 77.4 Å². The summed E-state index contributed by atoms with van der Waals surface area (Å²) >= 11 is 1.40. The molecule has 1 aliphatic carbocycles. The Bertz CT molecular complexity index is 470. The van der Waals surface area contributed by atoms with E-state index in [1.807, 2.05) is 6.26 Å². The molecule has 27 heavy (non-hydrogen) atoms. The summed E-state index contributed by atoms with van der Waals surface area (Å²) in [6, 6.07) is 0.667. The normalized spacial score (nSPS) is 24.3. The van der Waals surface area contributed by atoms with Crippen molar-refractivity contribution in [3.63, 3.8) is 0 Å². The summed E-state index contributed by atoms with van der Waals surface area (Å²) < 4.78 is 21.7. The Labute approximate surface area is 167 Å². The third-order valence-electron chi connectivity index (χ3n) is 5.07. The maximum atomic E-state index is 12.0. The minimum absolute atomic E-state index is 0.190. The minimum atomic E-state index is -2.63. The zero-order valence-corrected chi connectivity index (χ0v) is 18.7. The van der Waals surface area contributed by atoms with Crippen LogP contribution < -0.4 is 5.32 Å². The molecule has 158 valence electrons. The van der Waals surface area contributed by atoms with Crippen LogP contribution in [0.3, 0.4) is 0 Å². The molecule has 0 aliphatic heterocycles. The van der Waals surface area contributed by atoms with E-state index in [2.05, 4.69) is 5.32 Å². The predicted molar refractivity (Wildman–Crippen MR) is 105 cm³/mol. The van der Waals surface area contributed by atoms with Crippen LogP contribution in [0.25, 0.3) is 0 Å². The molecule has 1 rings (SSSR count). The van der Waals surface area contributed by atoms with E-state index < -0.39 is 27.0 Å². The third kappa shape index (κ3) is 7.70. The highest BCUT2D eigenvalue weighted by molar-refractivity contribution is 7.99. The summed E-state index contributed by atoms with van der Waals surface area (Å²) in [4.78, 5) is 23.8. The monoisotopic (exact) mass is 423 g/mol. The molecule has 4 unspecified atom stereocenters. The number of nitrogens with one attached hydrogen (secondary N) is 1. The molecular formula is C17H33NO7SSi. The lowest BCUT2D eigenvalue weighted by Gasteiger charge is -2.34. The van der Waals surface area contributed by atoms with Crippen LogP contribution in [-0.2, 0) is 27.6 Å². The average Bonchev–Trinajstić information content (AvgIpc) is 2.69. The first-order valence-electron chi connectivity index (χ1n) is 9.14.